The highest BCUT2D eigenvalue weighted by Crippen LogP contribution is 2.28. The molecule has 0 aliphatic carbocycles. The minimum Gasteiger partial charge on any atom is -0.326 e. The van der Waals surface area contributed by atoms with Crippen molar-refractivity contribution in [2.24, 2.45) is 11.7 Å². The van der Waals surface area contributed by atoms with E-state index >= 15 is 0 Å². The average Bonchev–Trinajstić information content (AvgIpc) is 2.91. The summed E-state index contributed by atoms with van der Waals surface area (Å²) in [7, 11) is -4.00. The molecule has 0 radical (unpaired) electrons. The van der Waals surface area contributed by atoms with Gasteiger partial charge in [-0.1, -0.05) is 13.3 Å². The van der Waals surface area contributed by atoms with Crippen LogP contribution >= 0.6 is 0 Å². The van der Waals surface area contributed by atoms with Crippen molar-refractivity contribution in [1.29, 1.82) is 0 Å². The predicted octanol–water partition coefficient (Wildman–Crippen LogP) is 1.84. The maximum Gasteiger partial charge on any atom is 0.246 e. The molecule has 0 bridgehead atoms. The Labute approximate surface area is 117 Å². The highest BCUT2D eigenvalue weighted by molar-refractivity contribution is 7.89. The van der Waals surface area contributed by atoms with Gasteiger partial charge in [0, 0.05) is 19.6 Å². The summed E-state index contributed by atoms with van der Waals surface area (Å²) in [6.07, 6.45) is 1.61. The lowest BCUT2D eigenvalue weighted by Crippen LogP contribution is -2.30. The molecule has 1 aliphatic heterocycles. The molecular formula is C13H18F2N2O2S. The Balaban J connectivity index is 2.42. The topological polar surface area (TPSA) is 63.4 Å². The second kappa shape index (κ2) is 5.75. The van der Waals surface area contributed by atoms with Gasteiger partial charge in [0.2, 0.25) is 10.0 Å². The molecule has 0 aromatic heterocycles. The fraction of sp³-hybridized carbons (Fsp3) is 0.538. The summed E-state index contributed by atoms with van der Waals surface area (Å²) < 4.78 is 53.4. The number of hydrogen-bond acceptors (Lipinski definition) is 3. The molecule has 2 N–H and O–H groups in total. The van der Waals surface area contributed by atoms with Gasteiger partial charge in [0.15, 0.2) is 11.6 Å². The van der Waals surface area contributed by atoms with Crippen LogP contribution in [0.4, 0.5) is 8.78 Å². The van der Waals surface area contributed by atoms with Crippen LogP contribution in [0.2, 0.25) is 0 Å². The summed E-state index contributed by atoms with van der Waals surface area (Å²) in [4.78, 5) is -0.616. The Morgan fingerprint density at radius 1 is 1.40 bits per heavy atom. The molecule has 1 atom stereocenters. The van der Waals surface area contributed by atoms with Crippen molar-refractivity contribution >= 4 is 10.0 Å². The van der Waals surface area contributed by atoms with Gasteiger partial charge in [0.1, 0.15) is 4.90 Å². The molecule has 0 saturated carbocycles. The van der Waals surface area contributed by atoms with Crippen molar-refractivity contribution in [2.75, 3.05) is 13.1 Å². The first-order chi connectivity index (χ1) is 9.40. The van der Waals surface area contributed by atoms with E-state index in [0.717, 1.165) is 25.0 Å². The lowest BCUT2D eigenvalue weighted by atomic mass is 10.1. The van der Waals surface area contributed by atoms with E-state index in [-0.39, 0.29) is 18.0 Å². The summed E-state index contributed by atoms with van der Waals surface area (Å²) in [5, 5.41) is 0. The summed E-state index contributed by atoms with van der Waals surface area (Å²) in [6, 6.07) is 2.04. The first kappa shape index (κ1) is 15.3. The van der Waals surface area contributed by atoms with Gasteiger partial charge in [0.05, 0.1) is 0 Å². The van der Waals surface area contributed by atoms with Crippen LogP contribution in [0.1, 0.15) is 25.3 Å². The maximum atomic E-state index is 13.8. The van der Waals surface area contributed by atoms with Gasteiger partial charge in [-0.05, 0) is 30.0 Å². The Kier molecular flexibility index (Phi) is 4.41. The predicted molar refractivity (Wildman–Crippen MR) is 71.4 cm³/mol. The van der Waals surface area contributed by atoms with Gasteiger partial charge < -0.3 is 5.73 Å². The number of rotatable bonds is 4. The largest absolute Gasteiger partial charge is 0.326 e. The SMILES string of the molecule is CCC1CCN(S(=O)(=O)c2cc(CN)cc(F)c2F)C1. The minimum absolute atomic E-state index is 0.0443. The highest BCUT2D eigenvalue weighted by Gasteiger charge is 2.34. The van der Waals surface area contributed by atoms with Crippen molar-refractivity contribution in [1.82, 2.24) is 4.31 Å². The zero-order valence-corrected chi connectivity index (χ0v) is 12.1. The van der Waals surface area contributed by atoms with Crippen LogP contribution in [0.15, 0.2) is 17.0 Å². The Morgan fingerprint density at radius 3 is 2.65 bits per heavy atom. The number of nitrogens with two attached hydrogens (primary N) is 1. The summed E-state index contributed by atoms with van der Waals surface area (Å²) in [5.74, 6) is -2.24. The number of halogens is 2. The molecular weight excluding hydrogens is 286 g/mol. The van der Waals surface area contributed by atoms with Crippen LogP contribution in [0, 0.1) is 17.6 Å². The number of hydrogen-bond donors (Lipinski definition) is 1. The molecule has 1 fully saturated rings. The third-order valence-electron chi connectivity index (χ3n) is 3.73. The van der Waals surface area contributed by atoms with Gasteiger partial charge in [-0.3, -0.25) is 0 Å². The standard InChI is InChI=1S/C13H18F2N2O2S/c1-2-9-3-4-17(8-9)20(18,19)12-6-10(7-16)5-11(14)13(12)15/h5-6,9H,2-4,7-8,16H2,1H3. The van der Waals surface area contributed by atoms with E-state index in [1.165, 1.54) is 4.31 Å². The molecule has 1 aromatic carbocycles. The fourth-order valence-corrected chi connectivity index (χ4v) is 4.07. The Bertz CT molecular complexity index is 605. The zero-order chi connectivity index (χ0) is 14.9. The molecule has 1 saturated heterocycles. The summed E-state index contributed by atoms with van der Waals surface area (Å²) >= 11 is 0. The first-order valence-corrected chi connectivity index (χ1v) is 8.02. The fourth-order valence-electron chi connectivity index (χ4n) is 2.41. The van der Waals surface area contributed by atoms with Crippen molar-refractivity contribution in [3.63, 3.8) is 0 Å². The molecule has 4 nitrogen and oxygen atoms in total. The minimum atomic E-state index is -4.00. The van der Waals surface area contributed by atoms with E-state index in [9.17, 15) is 17.2 Å². The molecule has 0 amide bonds. The van der Waals surface area contributed by atoms with Crippen LogP contribution in [-0.4, -0.2) is 25.8 Å². The van der Waals surface area contributed by atoms with Gasteiger partial charge in [-0.25, -0.2) is 17.2 Å². The van der Waals surface area contributed by atoms with Crippen LogP contribution in [0.25, 0.3) is 0 Å². The van der Waals surface area contributed by atoms with Crippen molar-refractivity contribution in [3.8, 4) is 0 Å². The molecule has 2 rings (SSSR count). The lowest BCUT2D eigenvalue weighted by molar-refractivity contribution is 0.438. The molecule has 20 heavy (non-hydrogen) atoms. The van der Waals surface area contributed by atoms with E-state index in [1.54, 1.807) is 0 Å². The van der Waals surface area contributed by atoms with Gasteiger partial charge in [-0.2, -0.15) is 4.31 Å². The normalized spacial score (nSPS) is 20.5. The lowest BCUT2D eigenvalue weighted by Gasteiger charge is -2.17. The van der Waals surface area contributed by atoms with Gasteiger partial charge in [-0.15, -0.1) is 0 Å². The van der Waals surface area contributed by atoms with E-state index in [0.29, 0.717) is 13.1 Å². The first-order valence-electron chi connectivity index (χ1n) is 6.58. The molecule has 1 aromatic rings. The molecule has 1 aliphatic rings. The summed E-state index contributed by atoms with van der Waals surface area (Å²) in [6.45, 7) is 2.63. The number of sulfonamides is 1. The van der Waals surface area contributed by atoms with Crippen LogP contribution in [0.5, 0.6) is 0 Å². The molecule has 1 heterocycles. The van der Waals surface area contributed by atoms with Gasteiger partial charge in [0.25, 0.3) is 0 Å². The maximum absolute atomic E-state index is 13.8. The monoisotopic (exact) mass is 304 g/mol. The second-order valence-electron chi connectivity index (χ2n) is 5.02. The number of nitrogens with zero attached hydrogens (tertiary/aromatic N) is 1. The van der Waals surface area contributed by atoms with E-state index in [4.69, 9.17) is 5.73 Å². The van der Waals surface area contributed by atoms with Crippen LogP contribution < -0.4 is 5.73 Å². The molecule has 112 valence electrons. The van der Waals surface area contributed by atoms with Crippen LogP contribution in [-0.2, 0) is 16.6 Å². The van der Waals surface area contributed by atoms with E-state index < -0.39 is 26.6 Å². The van der Waals surface area contributed by atoms with Gasteiger partial charge >= 0.3 is 0 Å². The smallest absolute Gasteiger partial charge is 0.246 e. The Morgan fingerprint density at radius 2 is 2.10 bits per heavy atom. The second-order valence-corrected chi connectivity index (χ2v) is 6.93. The molecule has 1 unspecified atom stereocenters. The summed E-state index contributed by atoms with van der Waals surface area (Å²) in [5.41, 5.74) is 5.64. The molecule has 7 heteroatoms. The highest BCUT2D eigenvalue weighted by atomic mass is 32.2. The van der Waals surface area contributed by atoms with Crippen molar-refractivity contribution in [2.45, 2.75) is 31.2 Å². The quantitative estimate of drug-likeness (QED) is 0.923. The van der Waals surface area contributed by atoms with Crippen LogP contribution in [0.3, 0.4) is 0 Å². The van der Waals surface area contributed by atoms with Crippen molar-refractivity contribution < 1.29 is 17.2 Å². The van der Waals surface area contributed by atoms with E-state index in [2.05, 4.69) is 0 Å². The van der Waals surface area contributed by atoms with Crippen molar-refractivity contribution in [3.05, 3.63) is 29.3 Å². The zero-order valence-electron chi connectivity index (χ0n) is 11.3. The average molecular weight is 304 g/mol. The van der Waals surface area contributed by atoms with E-state index in [1.807, 2.05) is 6.92 Å². The third-order valence-corrected chi connectivity index (χ3v) is 5.60. The molecule has 0 spiro atoms. The number of benzene rings is 1. The Hall–Kier alpha value is -1.05. The third kappa shape index (κ3) is 2.70.